The molecule has 0 spiro atoms. The Kier molecular flexibility index (Phi) is 5.25. The Hall–Kier alpha value is -0.580. The predicted octanol–water partition coefficient (Wildman–Crippen LogP) is 2.73. The molecule has 0 saturated carbocycles. The number of hydrogen-bond donors (Lipinski definition) is 1. The lowest BCUT2D eigenvalue weighted by molar-refractivity contribution is 0.196. The first-order chi connectivity index (χ1) is 9.11. The minimum Gasteiger partial charge on any atom is -0.396 e. The lowest BCUT2D eigenvalue weighted by Crippen LogP contribution is -2.41. The molecule has 2 unspecified atom stereocenters. The van der Waals surface area contributed by atoms with Gasteiger partial charge in [-0.3, -0.25) is 0 Å². The third-order valence-electron chi connectivity index (χ3n) is 4.06. The van der Waals surface area contributed by atoms with Crippen molar-refractivity contribution in [2.24, 2.45) is 0 Å². The highest BCUT2D eigenvalue weighted by Gasteiger charge is 2.26. The van der Waals surface area contributed by atoms with Gasteiger partial charge in [0.25, 0.3) is 0 Å². The van der Waals surface area contributed by atoms with Crippen LogP contribution in [0.25, 0.3) is 0 Å². The number of nitrogens with zero attached hydrogens (tertiary/aromatic N) is 2. The fourth-order valence-corrected chi connectivity index (χ4v) is 3.14. The summed E-state index contributed by atoms with van der Waals surface area (Å²) in [5, 5.41) is 9.24. The molecule has 106 valence electrons. The molecule has 1 heterocycles. The zero-order chi connectivity index (χ0) is 13.8. The standard InChI is InChI=1S/C15H23BrN2O/c1-12-6-8-17(2)15(7-9-19)11-18(12)14-5-3-4-13(16)10-14/h3-5,10,12,15,19H,6-9,11H2,1-2H3. The molecule has 4 heteroatoms. The minimum absolute atomic E-state index is 0.260. The summed E-state index contributed by atoms with van der Waals surface area (Å²) in [6, 6.07) is 9.44. The fourth-order valence-electron chi connectivity index (χ4n) is 2.75. The molecule has 1 fully saturated rings. The maximum atomic E-state index is 9.24. The van der Waals surface area contributed by atoms with Crippen LogP contribution in [0.1, 0.15) is 19.8 Å². The molecule has 0 aromatic heterocycles. The van der Waals surface area contributed by atoms with E-state index in [-0.39, 0.29) is 6.61 Å². The van der Waals surface area contributed by atoms with Gasteiger partial charge in [0.05, 0.1) is 0 Å². The molecule has 1 aromatic carbocycles. The van der Waals surface area contributed by atoms with Gasteiger partial charge >= 0.3 is 0 Å². The van der Waals surface area contributed by atoms with Crippen molar-refractivity contribution in [2.45, 2.75) is 31.8 Å². The molecule has 1 aliphatic rings. The zero-order valence-corrected chi connectivity index (χ0v) is 13.3. The van der Waals surface area contributed by atoms with Gasteiger partial charge in [-0.05, 0) is 45.0 Å². The molecule has 1 aliphatic heterocycles. The fraction of sp³-hybridized carbons (Fsp3) is 0.600. The number of rotatable bonds is 3. The van der Waals surface area contributed by atoms with Crippen LogP contribution in [-0.4, -0.2) is 48.8 Å². The van der Waals surface area contributed by atoms with Gasteiger partial charge < -0.3 is 14.9 Å². The Balaban J connectivity index is 2.21. The highest BCUT2D eigenvalue weighted by molar-refractivity contribution is 9.10. The van der Waals surface area contributed by atoms with Gasteiger partial charge in [-0.1, -0.05) is 22.0 Å². The van der Waals surface area contributed by atoms with Crippen LogP contribution in [-0.2, 0) is 0 Å². The summed E-state index contributed by atoms with van der Waals surface area (Å²) in [6.45, 7) is 4.62. The number of aliphatic hydroxyl groups excluding tert-OH is 1. The third-order valence-corrected chi connectivity index (χ3v) is 4.56. The van der Waals surface area contributed by atoms with Gasteiger partial charge in [0, 0.05) is 41.9 Å². The molecule has 3 nitrogen and oxygen atoms in total. The highest BCUT2D eigenvalue weighted by atomic mass is 79.9. The number of likely N-dealkylation sites (N-methyl/N-ethyl adjacent to an activating group) is 1. The number of halogens is 1. The van der Waals surface area contributed by atoms with Gasteiger partial charge in [0.1, 0.15) is 0 Å². The maximum Gasteiger partial charge on any atom is 0.0446 e. The summed E-state index contributed by atoms with van der Waals surface area (Å²) in [6.07, 6.45) is 2.00. The second-order valence-electron chi connectivity index (χ2n) is 5.42. The second-order valence-corrected chi connectivity index (χ2v) is 6.33. The molecule has 1 saturated heterocycles. The molecule has 0 radical (unpaired) electrons. The molecule has 2 rings (SSSR count). The monoisotopic (exact) mass is 326 g/mol. The van der Waals surface area contributed by atoms with Crippen LogP contribution in [0.2, 0.25) is 0 Å². The van der Waals surface area contributed by atoms with Gasteiger partial charge in [-0.15, -0.1) is 0 Å². The normalized spacial score (nSPS) is 25.4. The van der Waals surface area contributed by atoms with E-state index in [0.717, 1.165) is 30.4 Å². The number of aliphatic hydroxyl groups is 1. The van der Waals surface area contributed by atoms with Crippen molar-refractivity contribution < 1.29 is 5.11 Å². The quantitative estimate of drug-likeness (QED) is 0.925. The molecule has 0 aliphatic carbocycles. The van der Waals surface area contributed by atoms with Gasteiger partial charge in [-0.25, -0.2) is 0 Å². The van der Waals surface area contributed by atoms with Crippen LogP contribution in [0, 0.1) is 0 Å². The topological polar surface area (TPSA) is 26.7 Å². The largest absolute Gasteiger partial charge is 0.396 e. The molecule has 0 amide bonds. The van der Waals surface area contributed by atoms with Crippen LogP contribution in [0.15, 0.2) is 28.7 Å². The Bertz CT molecular complexity index is 413. The Labute approximate surface area is 124 Å². The average molecular weight is 327 g/mol. The molecule has 0 bridgehead atoms. The first-order valence-corrected chi connectivity index (χ1v) is 7.74. The Morgan fingerprint density at radius 1 is 1.42 bits per heavy atom. The van der Waals surface area contributed by atoms with Crippen molar-refractivity contribution >= 4 is 21.6 Å². The van der Waals surface area contributed by atoms with Crippen LogP contribution >= 0.6 is 15.9 Å². The van der Waals surface area contributed by atoms with E-state index in [9.17, 15) is 5.11 Å². The van der Waals surface area contributed by atoms with Gasteiger partial charge in [0.15, 0.2) is 0 Å². The number of hydrogen-bond acceptors (Lipinski definition) is 3. The van der Waals surface area contributed by atoms with Crippen LogP contribution in [0.3, 0.4) is 0 Å². The summed E-state index contributed by atoms with van der Waals surface area (Å²) in [7, 11) is 2.16. The van der Waals surface area contributed by atoms with Crippen LogP contribution < -0.4 is 4.90 Å². The lowest BCUT2D eigenvalue weighted by Gasteiger charge is -2.32. The van der Waals surface area contributed by atoms with Crippen molar-refractivity contribution in [3.05, 3.63) is 28.7 Å². The van der Waals surface area contributed by atoms with Gasteiger partial charge in [-0.2, -0.15) is 0 Å². The van der Waals surface area contributed by atoms with Crippen molar-refractivity contribution in [1.82, 2.24) is 4.90 Å². The van der Waals surface area contributed by atoms with Crippen LogP contribution in [0.5, 0.6) is 0 Å². The van der Waals surface area contributed by atoms with Gasteiger partial charge in [0.2, 0.25) is 0 Å². The summed E-state index contributed by atoms with van der Waals surface area (Å²) in [4.78, 5) is 4.85. The van der Waals surface area contributed by atoms with E-state index in [2.05, 4.69) is 64.0 Å². The van der Waals surface area contributed by atoms with E-state index in [1.807, 2.05) is 0 Å². The molecular formula is C15H23BrN2O. The van der Waals surface area contributed by atoms with Crippen LogP contribution in [0.4, 0.5) is 5.69 Å². The van der Waals surface area contributed by atoms with E-state index in [1.54, 1.807) is 0 Å². The van der Waals surface area contributed by atoms with E-state index < -0.39 is 0 Å². The van der Waals surface area contributed by atoms with E-state index >= 15 is 0 Å². The first kappa shape index (κ1) is 14.8. The SMILES string of the molecule is CC1CCN(C)C(CCO)CN1c1cccc(Br)c1. The predicted molar refractivity (Wildman–Crippen MR) is 83.7 cm³/mol. The van der Waals surface area contributed by atoms with Crippen molar-refractivity contribution in [3.63, 3.8) is 0 Å². The molecule has 1 N–H and O–H groups in total. The second kappa shape index (κ2) is 6.73. The molecule has 2 atom stereocenters. The highest BCUT2D eigenvalue weighted by Crippen LogP contribution is 2.26. The molecule has 1 aromatic rings. The minimum atomic E-state index is 0.260. The zero-order valence-electron chi connectivity index (χ0n) is 11.7. The number of benzene rings is 1. The lowest BCUT2D eigenvalue weighted by atomic mass is 10.1. The Morgan fingerprint density at radius 3 is 2.89 bits per heavy atom. The molecule has 19 heavy (non-hydrogen) atoms. The Morgan fingerprint density at radius 2 is 2.21 bits per heavy atom. The van der Waals surface area contributed by atoms with E-state index in [1.165, 1.54) is 5.69 Å². The van der Waals surface area contributed by atoms with Crippen molar-refractivity contribution in [2.75, 3.05) is 31.6 Å². The van der Waals surface area contributed by atoms with Crippen molar-refractivity contribution in [3.8, 4) is 0 Å². The third kappa shape index (κ3) is 3.71. The van der Waals surface area contributed by atoms with E-state index in [4.69, 9.17) is 0 Å². The molecular weight excluding hydrogens is 304 g/mol. The average Bonchev–Trinajstić information content (AvgIpc) is 2.52. The maximum absolute atomic E-state index is 9.24. The summed E-state index contributed by atoms with van der Waals surface area (Å²) in [5.41, 5.74) is 1.26. The summed E-state index contributed by atoms with van der Waals surface area (Å²) in [5.74, 6) is 0. The smallest absolute Gasteiger partial charge is 0.0446 e. The first-order valence-electron chi connectivity index (χ1n) is 6.95. The van der Waals surface area contributed by atoms with E-state index in [0.29, 0.717) is 12.1 Å². The van der Waals surface area contributed by atoms with Crippen molar-refractivity contribution in [1.29, 1.82) is 0 Å². The summed E-state index contributed by atoms with van der Waals surface area (Å²) < 4.78 is 1.12. The summed E-state index contributed by atoms with van der Waals surface area (Å²) >= 11 is 3.55. The number of anilines is 1.